The SMILES string of the molecule is CCOC(=O)c1ccc(NC(=O)CN2C(=O)CC(c3ccco3)S(=O)(=O)c3ccccc32)cc1. The van der Waals surface area contributed by atoms with E-state index in [1.54, 1.807) is 37.3 Å². The van der Waals surface area contributed by atoms with E-state index < -0.39 is 39.4 Å². The summed E-state index contributed by atoms with van der Waals surface area (Å²) < 4.78 is 36.9. The van der Waals surface area contributed by atoms with Crippen molar-refractivity contribution in [2.75, 3.05) is 23.4 Å². The summed E-state index contributed by atoms with van der Waals surface area (Å²) >= 11 is 0. The minimum Gasteiger partial charge on any atom is -0.468 e. The van der Waals surface area contributed by atoms with Crippen molar-refractivity contribution in [3.05, 3.63) is 78.3 Å². The fourth-order valence-electron chi connectivity index (χ4n) is 3.74. The summed E-state index contributed by atoms with van der Waals surface area (Å²) in [5, 5.41) is 1.47. The zero-order valence-electron chi connectivity index (χ0n) is 18.3. The van der Waals surface area contributed by atoms with E-state index >= 15 is 0 Å². The molecule has 0 aliphatic carbocycles. The highest BCUT2D eigenvalue weighted by Gasteiger charge is 2.41. The van der Waals surface area contributed by atoms with Gasteiger partial charge in [-0.2, -0.15) is 0 Å². The number of amides is 2. The van der Waals surface area contributed by atoms with Crippen LogP contribution in [0.2, 0.25) is 0 Å². The van der Waals surface area contributed by atoms with Crippen LogP contribution in [-0.2, 0) is 24.2 Å². The summed E-state index contributed by atoms with van der Waals surface area (Å²) in [6, 6.07) is 15.3. The molecule has 0 spiro atoms. The maximum absolute atomic E-state index is 13.3. The Morgan fingerprint density at radius 2 is 1.82 bits per heavy atom. The number of carbonyl (C=O) groups excluding carboxylic acids is 3. The predicted octanol–water partition coefficient (Wildman–Crippen LogP) is 3.35. The molecule has 0 radical (unpaired) electrons. The molecule has 1 N–H and O–H groups in total. The number of carbonyl (C=O) groups is 3. The van der Waals surface area contributed by atoms with Gasteiger partial charge in [0, 0.05) is 5.69 Å². The summed E-state index contributed by atoms with van der Waals surface area (Å²) in [7, 11) is -3.95. The smallest absolute Gasteiger partial charge is 0.338 e. The van der Waals surface area contributed by atoms with Crippen molar-refractivity contribution in [3.8, 4) is 0 Å². The lowest BCUT2D eigenvalue weighted by Gasteiger charge is -2.21. The Kier molecular flexibility index (Phi) is 6.51. The normalized spacial score (nSPS) is 16.9. The van der Waals surface area contributed by atoms with Crippen LogP contribution >= 0.6 is 0 Å². The molecule has 0 bridgehead atoms. The highest BCUT2D eigenvalue weighted by atomic mass is 32.2. The number of rotatable bonds is 6. The van der Waals surface area contributed by atoms with E-state index in [9.17, 15) is 22.8 Å². The molecule has 0 fully saturated rings. The number of benzene rings is 2. The molecule has 1 aliphatic heterocycles. The minimum absolute atomic E-state index is 0.0474. The minimum atomic E-state index is -3.95. The van der Waals surface area contributed by atoms with Crippen molar-refractivity contribution < 1.29 is 32.0 Å². The average molecular weight is 483 g/mol. The summed E-state index contributed by atoms with van der Waals surface area (Å²) in [5.41, 5.74) is 0.884. The van der Waals surface area contributed by atoms with Crippen LogP contribution < -0.4 is 10.2 Å². The van der Waals surface area contributed by atoms with Crippen LogP contribution in [-0.4, -0.2) is 39.4 Å². The van der Waals surface area contributed by atoms with Crippen molar-refractivity contribution in [2.24, 2.45) is 0 Å². The Morgan fingerprint density at radius 1 is 1.09 bits per heavy atom. The van der Waals surface area contributed by atoms with Gasteiger partial charge in [-0.25, -0.2) is 13.2 Å². The highest BCUT2D eigenvalue weighted by molar-refractivity contribution is 7.91. The first-order chi connectivity index (χ1) is 16.3. The number of hydrogen-bond donors (Lipinski definition) is 1. The topological polar surface area (TPSA) is 123 Å². The molecule has 3 aromatic rings. The number of ether oxygens (including phenoxy) is 1. The van der Waals surface area contributed by atoms with E-state index in [1.807, 2.05) is 0 Å². The molecule has 34 heavy (non-hydrogen) atoms. The summed E-state index contributed by atoms with van der Waals surface area (Å²) in [6.07, 6.45) is 0.983. The second-order valence-electron chi connectivity index (χ2n) is 7.55. The van der Waals surface area contributed by atoms with Gasteiger partial charge in [-0.1, -0.05) is 12.1 Å². The van der Waals surface area contributed by atoms with Crippen LogP contribution in [0, 0.1) is 0 Å². The Balaban J connectivity index is 1.57. The molecule has 1 aromatic heterocycles. The zero-order valence-corrected chi connectivity index (χ0v) is 19.1. The molecule has 9 nitrogen and oxygen atoms in total. The second-order valence-corrected chi connectivity index (χ2v) is 9.65. The Hall–Kier alpha value is -3.92. The van der Waals surface area contributed by atoms with E-state index in [2.05, 4.69) is 5.32 Å². The van der Waals surface area contributed by atoms with Gasteiger partial charge >= 0.3 is 5.97 Å². The highest BCUT2D eigenvalue weighted by Crippen LogP contribution is 2.40. The fourth-order valence-corrected chi connectivity index (χ4v) is 5.58. The number of hydrogen-bond acceptors (Lipinski definition) is 7. The van der Waals surface area contributed by atoms with Crippen LogP contribution in [0.25, 0.3) is 0 Å². The van der Waals surface area contributed by atoms with E-state index in [0.717, 1.165) is 4.90 Å². The van der Waals surface area contributed by atoms with E-state index in [4.69, 9.17) is 9.15 Å². The number of nitrogens with one attached hydrogen (secondary N) is 1. The first-order valence-electron chi connectivity index (χ1n) is 10.5. The van der Waals surface area contributed by atoms with Crippen molar-refractivity contribution >= 4 is 39.0 Å². The van der Waals surface area contributed by atoms with Gasteiger partial charge in [-0.15, -0.1) is 0 Å². The predicted molar refractivity (Wildman–Crippen MR) is 123 cm³/mol. The third-order valence-electron chi connectivity index (χ3n) is 5.34. The van der Waals surface area contributed by atoms with Gasteiger partial charge in [0.25, 0.3) is 0 Å². The van der Waals surface area contributed by atoms with Crippen LogP contribution in [0.3, 0.4) is 0 Å². The molecule has 1 aliphatic rings. The number of esters is 1. The van der Waals surface area contributed by atoms with Crippen molar-refractivity contribution in [1.29, 1.82) is 0 Å². The molecule has 1 atom stereocenters. The lowest BCUT2D eigenvalue weighted by molar-refractivity contribution is -0.121. The zero-order chi connectivity index (χ0) is 24.3. The van der Waals surface area contributed by atoms with Gasteiger partial charge in [0.1, 0.15) is 17.6 Å². The molecule has 4 rings (SSSR count). The first-order valence-corrected chi connectivity index (χ1v) is 12.1. The molecule has 0 saturated carbocycles. The molecule has 2 amide bonds. The molecule has 1 unspecified atom stereocenters. The Labute approximate surface area is 196 Å². The van der Waals surface area contributed by atoms with Crippen LogP contribution in [0.1, 0.15) is 34.7 Å². The van der Waals surface area contributed by atoms with Gasteiger partial charge in [-0.05, 0) is 55.5 Å². The molecule has 0 saturated heterocycles. The first kappa shape index (κ1) is 23.2. The van der Waals surface area contributed by atoms with Crippen LogP contribution in [0.4, 0.5) is 11.4 Å². The monoisotopic (exact) mass is 482 g/mol. The number of furan rings is 1. The van der Waals surface area contributed by atoms with Crippen LogP contribution in [0.15, 0.2) is 76.2 Å². The number of anilines is 2. The number of sulfone groups is 1. The van der Waals surface area contributed by atoms with Crippen molar-refractivity contribution in [3.63, 3.8) is 0 Å². The summed E-state index contributed by atoms with van der Waals surface area (Å²) in [4.78, 5) is 38.8. The molecular formula is C24H22N2O7S. The van der Waals surface area contributed by atoms with E-state index in [-0.39, 0.29) is 29.4 Å². The third kappa shape index (κ3) is 4.58. The number of para-hydroxylation sites is 1. The van der Waals surface area contributed by atoms with Gasteiger partial charge in [0.2, 0.25) is 11.8 Å². The van der Waals surface area contributed by atoms with Gasteiger partial charge in [0.15, 0.2) is 9.84 Å². The summed E-state index contributed by atoms with van der Waals surface area (Å²) in [5.74, 6) is -1.36. The second kappa shape index (κ2) is 9.52. The Bertz CT molecular complexity index is 1320. The lowest BCUT2D eigenvalue weighted by atomic mass is 10.2. The maximum Gasteiger partial charge on any atom is 0.338 e. The lowest BCUT2D eigenvalue weighted by Crippen LogP contribution is -2.38. The average Bonchev–Trinajstić information content (AvgIpc) is 3.33. The summed E-state index contributed by atoms with van der Waals surface area (Å²) in [6.45, 7) is 1.56. The molecule has 2 aromatic carbocycles. The molecule has 176 valence electrons. The molecule has 10 heteroatoms. The van der Waals surface area contributed by atoms with Gasteiger partial charge in [-0.3, -0.25) is 9.59 Å². The van der Waals surface area contributed by atoms with Crippen LogP contribution in [0.5, 0.6) is 0 Å². The van der Waals surface area contributed by atoms with Gasteiger partial charge < -0.3 is 19.4 Å². The van der Waals surface area contributed by atoms with Crippen molar-refractivity contribution in [1.82, 2.24) is 0 Å². The van der Waals surface area contributed by atoms with Crippen molar-refractivity contribution in [2.45, 2.75) is 23.5 Å². The molecule has 2 heterocycles. The Morgan fingerprint density at radius 3 is 2.50 bits per heavy atom. The van der Waals surface area contributed by atoms with Gasteiger partial charge in [0.05, 0.1) is 35.4 Å². The quantitative estimate of drug-likeness (QED) is 0.535. The standard InChI is InChI=1S/C24H22N2O7S/c1-2-32-24(29)16-9-11-17(12-10-16)25-22(27)15-26-18-6-3-4-8-20(18)34(30,31)21(14-23(26)28)19-7-5-13-33-19/h3-13,21H,2,14-15H2,1H3,(H,25,27). The largest absolute Gasteiger partial charge is 0.468 e. The van der Waals surface area contributed by atoms with E-state index in [0.29, 0.717) is 11.3 Å². The maximum atomic E-state index is 13.3. The van der Waals surface area contributed by atoms with E-state index in [1.165, 1.54) is 36.6 Å². The molecular weight excluding hydrogens is 460 g/mol. The number of fused-ring (bicyclic) bond motifs is 1. The fraction of sp³-hybridized carbons (Fsp3) is 0.208. The number of nitrogens with zero attached hydrogens (tertiary/aromatic N) is 1. The third-order valence-corrected chi connectivity index (χ3v) is 7.45.